The Morgan fingerprint density at radius 2 is 1.96 bits per heavy atom. The molecule has 1 unspecified atom stereocenters. The lowest BCUT2D eigenvalue weighted by molar-refractivity contribution is 0.0792. The summed E-state index contributed by atoms with van der Waals surface area (Å²) in [6, 6.07) is 5.09. The van der Waals surface area contributed by atoms with Crippen LogP contribution in [-0.4, -0.2) is 34.9 Å². The fourth-order valence-corrected chi connectivity index (χ4v) is 1.80. The van der Waals surface area contributed by atoms with Crippen molar-refractivity contribution in [2.24, 2.45) is 0 Å². The zero-order valence-electron chi connectivity index (χ0n) is 15.7. The van der Waals surface area contributed by atoms with E-state index in [9.17, 15) is 13.6 Å². The van der Waals surface area contributed by atoms with Crippen LogP contribution in [0.3, 0.4) is 0 Å². The van der Waals surface area contributed by atoms with Crippen molar-refractivity contribution >= 4 is 5.91 Å². The summed E-state index contributed by atoms with van der Waals surface area (Å²) in [5.74, 6) is -0.0532. The number of halogens is 2. The zero-order valence-corrected chi connectivity index (χ0v) is 15.7. The number of hydrogen-bond donors (Lipinski definition) is 1. The third-order valence-electron chi connectivity index (χ3n) is 3.44. The normalized spacial score (nSPS) is 11.4. The predicted octanol–water partition coefficient (Wildman–Crippen LogP) is 4.20. The van der Waals surface area contributed by atoms with Gasteiger partial charge in [0, 0.05) is 36.3 Å². The Hall–Kier alpha value is -2.61. The van der Waals surface area contributed by atoms with Crippen LogP contribution in [0, 0.1) is 6.92 Å². The van der Waals surface area contributed by atoms with E-state index >= 15 is 0 Å². The number of aryl methyl sites for hydroxylation is 1. The van der Waals surface area contributed by atoms with Crippen LogP contribution in [0.4, 0.5) is 8.78 Å². The second-order valence-electron chi connectivity index (χ2n) is 5.90. The molecule has 0 aromatic carbocycles. The molecule has 0 bridgehead atoms. The first-order valence-electron chi connectivity index (χ1n) is 8.59. The largest absolute Gasteiger partial charge is 0.675 e. The highest BCUT2D eigenvalue weighted by Crippen LogP contribution is 2.16. The molecule has 0 radical (unpaired) electrons. The second-order valence-corrected chi connectivity index (χ2v) is 5.90. The molecule has 148 valence electrons. The molecular formula is C19H25F2N4O2-. The fourth-order valence-electron chi connectivity index (χ4n) is 1.80. The van der Waals surface area contributed by atoms with E-state index in [4.69, 9.17) is 10.5 Å². The minimum absolute atomic E-state index is 0.134. The molecule has 27 heavy (non-hydrogen) atoms. The first kappa shape index (κ1) is 22.4. The number of nitrogens with one attached hydrogen (secondary N) is 2. The molecule has 0 fully saturated rings. The van der Waals surface area contributed by atoms with E-state index in [2.05, 4.69) is 15.3 Å². The number of pyridine rings is 2. The van der Waals surface area contributed by atoms with E-state index in [1.165, 1.54) is 18.6 Å². The molecule has 2 aromatic heterocycles. The quantitative estimate of drug-likeness (QED) is 0.781. The summed E-state index contributed by atoms with van der Waals surface area (Å²) < 4.78 is 29.1. The predicted molar refractivity (Wildman–Crippen MR) is 100.0 cm³/mol. The first-order chi connectivity index (χ1) is 12.8. The van der Waals surface area contributed by atoms with Gasteiger partial charge in [-0.2, -0.15) is 0 Å². The average molecular weight is 379 g/mol. The summed E-state index contributed by atoms with van der Waals surface area (Å²) in [5, 5.41) is 2.74. The monoisotopic (exact) mass is 379 g/mol. The molecule has 2 N–H and O–H groups in total. The molecule has 2 heterocycles. The van der Waals surface area contributed by atoms with E-state index in [0.717, 1.165) is 12.0 Å². The SMILES string of the molecule is CCC(C)[NH-].Cc1cc(CNC(=O)c2ccncc2)cnc1OCC(F)F. The van der Waals surface area contributed by atoms with Crippen molar-refractivity contribution in [2.75, 3.05) is 6.61 Å². The highest BCUT2D eigenvalue weighted by Gasteiger charge is 2.09. The van der Waals surface area contributed by atoms with Gasteiger partial charge < -0.3 is 15.8 Å². The van der Waals surface area contributed by atoms with E-state index in [1.54, 1.807) is 25.1 Å². The third kappa shape index (κ3) is 9.05. The topological polar surface area (TPSA) is 87.9 Å². The van der Waals surface area contributed by atoms with E-state index < -0.39 is 13.0 Å². The third-order valence-corrected chi connectivity index (χ3v) is 3.44. The molecule has 2 aromatic rings. The molecular weight excluding hydrogens is 354 g/mol. The van der Waals surface area contributed by atoms with Crippen LogP contribution in [0.5, 0.6) is 5.88 Å². The summed E-state index contributed by atoms with van der Waals surface area (Å²) in [6.45, 7) is 5.20. The van der Waals surface area contributed by atoms with Crippen molar-refractivity contribution in [1.29, 1.82) is 0 Å². The van der Waals surface area contributed by atoms with Crippen molar-refractivity contribution in [3.8, 4) is 5.88 Å². The van der Waals surface area contributed by atoms with Gasteiger partial charge in [-0.3, -0.25) is 9.78 Å². The molecule has 0 aliphatic carbocycles. The summed E-state index contributed by atoms with van der Waals surface area (Å²) >= 11 is 0. The van der Waals surface area contributed by atoms with E-state index in [1.807, 2.05) is 13.8 Å². The minimum atomic E-state index is -2.54. The van der Waals surface area contributed by atoms with Gasteiger partial charge in [-0.05, 0) is 30.7 Å². The van der Waals surface area contributed by atoms with Crippen molar-refractivity contribution in [2.45, 2.75) is 46.2 Å². The molecule has 6 nitrogen and oxygen atoms in total. The Morgan fingerprint density at radius 1 is 1.33 bits per heavy atom. The summed E-state index contributed by atoms with van der Waals surface area (Å²) in [5.41, 5.74) is 8.73. The maximum absolute atomic E-state index is 12.1. The van der Waals surface area contributed by atoms with Crippen LogP contribution < -0.4 is 10.1 Å². The molecule has 0 saturated heterocycles. The van der Waals surface area contributed by atoms with Gasteiger partial charge in [0.25, 0.3) is 12.3 Å². The number of aromatic nitrogens is 2. The van der Waals surface area contributed by atoms with Crippen LogP contribution in [0.15, 0.2) is 36.8 Å². The zero-order chi connectivity index (χ0) is 20.2. The Morgan fingerprint density at radius 3 is 2.48 bits per heavy atom. The standard InChI is InChI=1S/C15H15F2N3O2.C4H10N/c1-10-6-11(8-20-15(10)22-9-13(16)17)7-19-14(21)12-2-4-18-5-3-12;1-3-4(2)5/h2-6,8,13H,7,9H2,1H3,(H,19,21);4-5H,3H2,1-2H3/q;-1. The van der Waals surface area contributed by atoms with Crippen molar-refractivity contribution in [1.82, 2.24) is 15.3 Å². The molecule has 2 rings (SSSR count). The van der Waals surface area contributed by atoms with Gasteiger partial charge in [-0.1, -0.05) is 20.3 Å². The lowest BCUT2D eigenvalue weighted by Gasteiger charge is -2.10. The Balaban J connectivity index is 0.000000646. The molecule has 1 atom stereocenters. The van der Waals surface area contributed by atoms with Crippen LogP contribution in [0.2, 0.25) is 0 Å². The van der Waals surface area contributed by atoms with Gasteiger partial charge in [0.1, 0.15) is 0 Å². The lowest BCUT2D eigenvalue weighted by Crippen LogP contribution is -2.23. The van der Waals surface area contributed by atoms with Crippen LogP contribution in [0.1, 0.15) is 41.8 Å². The van der Waals surface area contributed by atoms with Gasteiger partial charge in [0.05, 0.1) is 0 Å². The molecule has 1 amide bonds. The van der Waals surface area contributed by atoms with Crippen LogP contribution in [-0.2, 0) is 6.54 Å². The lowest BCUT2D eigenvalue weighted by atomic mass is 10.2. The van der Waals surface area contributed by atoms with Crippen molar-refractivity contribution < 1.29 is 18.3 Å². The number of carbonyl (C=O) groups is 1. The van der Waals surface area contributed by atoms with Gasteiger partial charge in [-0.15, -0.1) is 6.04 Å². The minimum Gasteiger partial charge on any atom is -0.675 e. The number of rotatable bonds is 7. The maximum Gasteiger partial charge on any atom is 0.272 e. The number of carbonyl (C=O) groups excluding carboxylic acids is 1. The second kappa shape index (κ2) is 11.9. The molecule has 0 saturated carbocycles. The van der Waals surface area contributed by atoms with Crippen LogP contribution >= 0.6 is 0 Å². The maximum atomic E-state index is 12.1. The molecule has 0 aliphatic heterocycles. The number of nitrogens with zero attached hydrogens (tertiary/aromatic N) is 2. The summed E-state index contributed by atoms with van der Waals surface area (Å²) in [6.07, 6.45) is 2.99. The number of amides is 1. The summed E-state index contributed by atoms with van der Waals surface area (Å²) in [4.78, 5) is 19.7. The van der Waals surface area contributed by atoms with E-state index in [-0.39, 0.29) is 24.4 Å². The van der Waals surface area contributed by atoms with Gasteiger partial charge in [0.15, 0.2) is 6.61 Å². The number of ether oxygens (including phenoxy) is 1. The van der Waals surface area contributed by atoms with Crippen LogP contribution in [0.25, 0.3) is 5.73 Å². The van der Waals surface area contributed by atoms with Gasteiger partial charge in [-0.25, -0.2) is 13.8 Å². The summed E-state index contributed by atoms with van der Waals surface area (Å²) in [7, 11) is 0. The molecule has 8 heteroatoms. The van der Waals surface area contributed by atoms with Gasteiger partial charge >= 0.3 is 0 Å². The average Bonchev–Trinajstić information content (AvgIpc) is 2.66. The fraction of sp³-hybridized carbons (Fsp3) is 0.421. The molecule has 0 spiro atoms. The highest BCUT2D eigenvalue weighted by atomic mass is 19.3. The Labute approximate surface area is 158 Å². The van der Waals surface area contributed by atoms with Crippen molar-refractivity contribution in [3.05, 3.63) is 59.2 Å². The molecule has 0 aliphatic rings. The van der Waals surface area contributed by atoms with Gasteiger partial charge in [0.2, 0.25) is 5.88 Å². The number of alkyl halides is 2. The van der Waals surface area contributed by atoms with E-state index in [0.29, 0.717) is 11.1 Å². The highest BCUT2D eigenvalue weighted by molar-refractivity contribution is 5.93. The van der Waals surface area contributed by atoms with Crippen molar-refractivity contribution in [3.63, 3.8) is 0 Å². The number of hydrogen-bond acceptors (Lipinski definition) is 4. The smallest absolute Gasteiger partial charge is 0.272 e. The Kier molecular flexibility index (Phi) is 9.89. The first-order valence-corrected chi connectivity index (χ1v) is 8.59. The Bertz CT molecular complexity index is 697.